The van der Waals surface area contributed by atoms with E-state index in [1.807, 2.05) is 0 Å². The topological polar surface area (TPSA) is 72.6 Å². The lowest BCUT2D eigenvalue weighted by molar-refractivity contribution is 0.391. The van der Waals surface area contributed by atoms with Gasteiger partial charge in [-0.1, -0.05) is 12.8 Å². The molecule has 1 aliphatic heterocycles. The number of ether oxygens (including phenoxy) is 1. The summed E-state index contributed by atoms with van der Waals surface area (Å²) in [5, 5.41) is 0. The first-order valence-electron chi connectivity index (χ1n) is 6.60. The van der Waals surface area contributed by atoms with Gasteiger partial charge in [0.2, 0.25) is 10.0 Å². The zero-order valence-electron chi connectivity index (χ0n) is 11.4. The van der Waals surface area contributed by atoms with Crippen LogP contribution in [0.4, 0.5) is 5.69 Å². The minimum absolute atomic E-state index is 0.141. The molecule has 0 amide bonds. The molecule has 0 bridgehead atoms. The fourth-order valence-electron chi connectivity index (χ4n) is 2.33. The molecule has 1 heterocycles. The van der Waals surface area contributed by atoms with E-state index in [9.17, 15) is 8.42 Å². The standard InChI is InChI=1S/C13H19BrN2O3S/c1-19-12-8-10(14)11(15)9-13(12)20(17,18)16-6-4-2-3-5-7-16/h8-9H,2-7,15H2,1H3. The molecule has 0 unspecified atom stereocenters. The van der Waals surface area contributed by atoms with Crippen molar-refractivity contribution in [3.8, 4) is 5.75 Å². The van der Waals surface area contributed by atoms with Crippen LogP contribution in [0.1, 0.15) is 25.7 Å². The van der Waals surface area contributed by atoms with Crippen LogP contribution < -0.4 is 10.5 Å². The van der Waals surface area contributed by atoms with Crippen LogP contribution in [-0.4, -0.2) is 32.9 Å². The Balaban J connectivity index is 2.45. The Labute approximate surface area is 128 Å². The van der Waals surface area contributed by atoms with Gasteiger partial charge in [-0.15, -0.1) is 0 Å². The maximum Gasteiger partial charge on any atom is 0.246 e. The van der Waals surface area contributed by atoms with E-state index in [0.717, 1.165) is 25.7 Å². The van der Waals surface area contributed by atoms with Gasteiger partial charge in [-0.05, 0) is 40.9 Å². The van der Waals surface area contributed by atoms with E-state index >= 15 is 0 Å². The normalized spacial score (nSPS) is 17.7. The van der Waals surface area contributed by atoms with E-state index in [-0.39, 0.29) is 4.90 Å². The summed E-state index contributed by atoms with van der Waals surface area (Å²) in [5.74, 6) is 0.315. The Kier molecular flexibility index (Phi) is 4.93. The number of sulfonamides is 1. The Morgan fingerprint density at radius 2 is 1.80 bits per heavy atom. The number of nitrogens with two attached hydrogens (primary N) is 1. The molecule has 1 fully saturated rings. The average molecular weight is 363 g/mol. The second-order valence-corrected chi connectivity index (χ2v) is 7.60. The summed E-state index contributed by atoms with van der Waals surface area (Å²) < 4.78 is 32.9. The van der Waals surface area contributed by atoms with Gasteiger partial charge in [0.05, 0.1) is 7.11 Å². The molecule has 5 nitrogen and oxygen atoms in total. The Morgan fingerprint density at radius 1 is 1.20 bits per heavy atom. The molecule has 1 saturated heterocycles. The lowest BCUT2D eigenvalue weighted by Crippen LogP contribution is -2.32. The number of nitrogen functional groups attached to an aromatic ring is 1. The van der Waals surface area contributed by atoms with Crippen LogP contribution in [0.2, 0.25) is 0 Å². The number of hydrogen-bond acceptors (Lipinski definition) is 4. The highest BCUT2D eigenvalue weighted by Gasteiger charge is 2.28. The molecule has 1 aromatic rings. The number of nitrogens with zero attached hydrogens (tertiary/aromatic N) is 1. The summed E-state index contributed by atoms with van der Waals surface area (Å²) in [6, 6.07) is 3.06. The van der Waals surface area contributed by atoms with E-state index in [1.165, 1.54) is 17.5 Å². The van der Waals surface area contributed by atoms with Crippen LogP contribution in [0, 0.1) is 0 Å². The molecular formula is C13H19BrN2O3S. The van der Waals surface area contributed by atoms with Gasteiger partial charge in [-0.25, -0.2) is 8.42 Å². The fourth-order valence-corrected chi connectivity index (χ4v) is 4.34. The largest absolute Gasteiger partial charge is 0.495 e. The number of anilines is 1. The second kappa shape index (κ2) is 6.32. The van der Waals surface area contributed by atoms with Crippen LogP contribution >= 0.6 is 15.9 Å². The first kappa shape index (κ1) is 15.6. The molecule has 0 aromatic heterocycles. The average Bonchev–Trinajstić information content (AvgIpc) is 2.70. The summed E-state index contributed by atoms with van der Waals surface area (Å²) in [6.07, 6.45) is 3.94. The van der Waals surface area contributed by atoms with E-state index in [1.54, 1.807) is 6.07 Å². The first-order valence-corrected chi connectivity index (χ1v) is 8.83. The van der Waals surface area contributed by atoms with Crippen LogP contribution in [0.5, 0.6) is 5.75 Å². The number of halogens is 1. The van der Waals surface area contributed by atoms with Gasteiger partial charge >= 0.3 is 0 Å². The molecule has 7 heteroatoms. The van der Waals surface area contributed by atoms with Gasteiger partial charge < -0.3 is 10.5 Å². The maximum atomic E-state index is 12.8. The molecule has 2 rings (SSSR count). The zero-order valence-corrected chi connectivity index (χ0v) is 13.8. The minimum atomic E-state index is -3.56. The van der Waals surface area contributed by atoms with Crippen molar-refractivity contribution >= 4 is 31.6 Å². The summed E-state index contributed by atoms with van der Waals surface area (Å²) in [4.78, 5) is 0.141. The van der Waals surface area contributed by atoms with E-state index in [0.29, 0.717) is 29.0 Å². The third-order valence-corrected chi connectivity index (χ3v) is 6.07. The minimum Gasteiger partial charge on any atom is -0.495 e. The molecule has 0 aliphatic carbocycles. The smallest absolute Gasteiger partial charge is 0.246 e. The predicted molar refractivity (Wildman–Crippen MR) is 82.3 cm³/mol. The summed E-state index contributed by atoms with van der Waals surface area (Å²) in [6.45, 7) is 1.11. The van der Waals surface area contributed by atoms with Gasteiger partial charge in [0.25, 0.3) is 0 Å². The Morgan fingerprint density at radius 3 is 2.35 bits per heavy atom. The monoisotopic (exact) mass is 362 g/mol. The van der Waals surface area contributed by atoms with Crippen molar-refractivity contribution in [2.45, 2.75) is 30.6 Å². The molecule has 1 aliphatic rings. The number of hydrogen-bond donors (Lipinski definition) is 1. The molecule has 20 heavy (non-hydrogen) atoms. The van der Waals surface area contributed by atoms with Gasteiger partial charge in [-0.3, -0.25) is 0 Å². The van der Waals surface area contributed by atoms with Crippen molar-refractivity contribution in [1.82, 2.24) is 4.31 Å². The van der Waals surface area contributed by atoms with Crippen molar-refractivity contribution in [2.24, 2.45) is 0 Å². The summed E-state index contributed by atoms with van der Waals surface area (Å²) in [7, 11) is -2.10. The highest BCUT2D eigenvalue weighted by atomic mass is 79.9. The molecule has 0 radical (unpaired) electrons. The molecule has 0 spiro atoms. The SMILES string of the molecule is COc1cc(Br)c(N)cc1S(=O)(=O)N1CCCCCC1. The van der Waals surface area contributed by atoms with Crippen molar-refractivity contribution in [2.75, 3.05) is 25.9 Å². The van der Waals surface area contributed by atoms with Crippen LogP contribution in [0.25, 0.3) is 0 Å². The zero-order chi connectivity index (χ0) is 14.8. The molecule has 0 saturated carbocycles. The fraction of sp³-hybridized carbons (Fsp3) is 0.538. The molecule has 112 valence electrons. The molecule has 0 atom stereocenters. The van der Waals surface area contributed by atoms with Crippen LogP contribution in [-0.2, 0) is 10.0 Å². The Bertz CT molecular complexity index is 582. The van der Waals surface area contributed by atoms with E-state index in [4.69, 9.17) is 10.5 Å². The van der Waals surface area contributed by atoms with Gasteiger partial charge in [-0.2, -0.15) is 4.31 Å². The molecule has 1 aromatic carbocycles. The third kappa shape index (κ3) is 3.10. The predicted octanol–water partition coefficient (Wildman–Crippen LogP) is 2.60. The number of rotatable bonds is 3. The van der Waals surface area contributed by atoms with E-state index < -0.39 is 10.0 Å². The number of benzene rings is 1. The first-order chi connectivity index (χ1) is 9.46. The third-order valence-electron chi connectivity index (χ3n) is 3.47. The lowest BCUT2D eigenvalue weighted by Gasteiger charge is -2.21. The van der Waals surface area contributed by atoms with Gasteiger partial charge in [0.15, 0.2) is 0 Å². The molecular weight excluding hydrogens is 344 g/mol. The maximum absolute atomic E-state index is 12.8. The molecule has 2 N–H and O–H groups in total. The lowest BCUT2D eigenvalue weighted by atomic mass is 10.2. The van der Waals surface area contributed by atoms with Crippen molar-refractivity contribution in [1.29, 1.82) is 0 Å². The van der Waals surface area contributed by atoms with Gasteiger partial charge in [0.1, 0.15) is 10.6 Å². The summed E-state index contributed by atoms with van der Waals surface area (Å²) >= 11 is 3.28. The van der Waals surface area contributed by atoms with Crippen molar-refractivity contribution in [3.63, 3.8) is 0 Å². The van der Waals surface area contributed by atoms with E-state index in [2.05, 4.69) is 15.9 Å². The highest BCUT2D eigenvalue weighted by molar-refractivity contribution is 9.10. The van der Waals surface area contributed by atoms with Crippen molar-refractivity contribution in [3.05, 3.63) is 16.6 Å². The number of methoxy groups -OCH3 is 1. The van der Waals surface area contributed by atoms with Crippen LogP contribution in [0.3, 0.4) is 0 Å². The second-order valence-electron chi connectivity index (χ2n) is 4.84. The highest BCUT2D eigenvalue weighted by Crippen LogP contribution is 2.34. The van der Waals surface area contributed by atoms with Crippen molar-refractivity contribution < 1.29 is 13.2 Å². The Hall–Kier alpha value is -0.790. The summed E-state index contributed by atoms with van der Waals surface area (Å²) in [5.41, 5.74) is 6.20. The van der Waals surface area contributed by atoms with Gasteiger partial charge in [0, 0.05) is 23.2 Å². The quantitative estimate of drug-likeness (QED) is 0.838. The van der Waals surface area contributed by atoms with Crippen LogP contribution in [0.15, 0.2) is 21.5 Å².